The predicted octanol–water partition coefficient (Wildman–Crippen LogP) is 5.30. The Bertz CT molecular complexity index is 778. The van der Waals surface area contributed by atoms with Crippen LogP contribution in [0.4, 0.5) is 17.1 Å². The first kappa shape index (κ1) is 14.2. The van der Waals surface area contributed by atoms with E-state index < -0.39 is 0 Å². The van der Waals surface area contributed by atoms with E-state index in [4.69, 9.17) is 5.73 Å². The first-order valence-electron chi connectivity index (χ1n) is 7.44. The number of aryl methyl sites for hydroxylation is 1. The van der Waals surface area contributed by atoms with Crippen LogP contribution in [0.2, 0.25) is 0 Å². The molecule has 0 atom stereocenters. The summed E-state index contributed by atoms with van der Waals surface area (Å²) in [6, 6.07) is 22.5. The van der Waals surface area contributed by atoms with Crippen molar-refractivity contribution in [3.05, 3.63) is 77.9 Å². The zero-order chi connectivity index (χ0) is 15.5. The van der Waals surface area contributed by atoms with E-state index in [1.54, 1.807) is 0 Å². The molecule has 0 saturated heterocycles. The molecule has 0 aliphatic rings. The Morgan fingerprint density at radius 1 is 0.818 bits per heavy atom. The van der Waals surface area contributed by atoms with Crippen LogP contribution >= 0.6 is 0 Å². The topological polar surface area (TPSA) is 38.0 Å². The van der Waals surface area contributed by atoms with Crippen LogP contribution < -0.4 is 11.1 Å². The van der Waals surface area contributed by atoms with Gasteiger partial charge in [-0.05, 0) is 48.7 Å². The van der Waals surface area contributed by atoms with Gasteiger partial charge in [0.05, 0.1) is 0 Å². The van der Waals surface area contributed by atoms with Crippen LogP contribution in [-0.2, 0) is 0 Å². The Morgan fingerprint density at radius 2 is 1.41 bits per heavy atom. The maximum atomic E-state index is 6.29. The second-order valence-electron chi connectivity index (χ2n) is 5.51. The number of nitrogen functional groups attached to an aromatic ring is 1. The van der Waals surface area contributed by atoms with Gasteiger partial charge in [-0.3, -0.25) is 0 Å². The van der Waals surface area contributed by atoms with Gasteiger partial charge in [-0.25, -0.2) is 0 Å². The number of hydrogen-bond donors (Lipinski definition) is 2. The molecule has 3 N–H and O–H groups in total. The molecule has 3 aromatic carbocycles. The first-order chi connectivity index (χ1) is 10.7. The highest BCUT2D eigenvalue weighted by Crippen LogP contribution is 2.37. The SMILES string of the molecule is Cc1cc(N)c(-c2ccccc2)c(C)c1Nc1ccccc1. The van der Waals surface area contributed by atoms with E-state index in [-0.39, 0.29) is 0 Å². The lowest BCUT2D eigenvalue weighted by atomic mass is 9.94. The highest BCUT2D eigenvalue weighted by Gasteiger charge is 2.13. The minimum atomic E-state index is 0.819. The molecule has 0 spiro atoms. The van der Waals surface area contributed by atoms with Crippen molar-refractivity contribution in [3.63, 3.8) is 0 Å². The molecule has 0 aromatic heterocycles. The quantitative estimate of drug-likeness (QED) is 0.642. The van der Waals surface area contributed by atoms with Crippen LogP contribution in [0.25, 0.3) is 11.1 Å². The third-order valence-electron chi connectivity index (χ3n) is 3.91. The summed E-state index contributed by atoms with van der Waals surface area (Å²) in [7, 11) is 0. The van der Waals surface area contributed by atoms with E-state index in [2.05, 4.69) is 43.4 Å². The van der Waals surface area contributed by atoms with E-state index in [0.29, 0.717) is 0 Å². The average molecular weight is 288 g/mol. The zero-order valence-corrected chi connectivity index (χ0v) is 12.9. The van der Waals surface area contributed by atoms with Crippen molar-refractivity contribution < 1.29 is 0 Å². The normalized spacial score (nSPS) is 10.5. The standard InChI is InChI=1S/C20H20N2/c1-14-13-18(21)19(16-9-5-3-6-10-16)15(2)20(14)22-17-11-7-4-8-12-17/h3-13,22H,21H2,1-2H3. The molecule has 22 heavy (non-hydrogen) atoms. The minimum absolute atomic E-state index is 0.819. The van der Waals surface area contributed by atoms with Crippen LogP contribution in [0.3, 0.4) is 0 Å². The van der Waals surface area contributed by atoms with Crippen LogP contribution in [0.5, 0.6) is 0 Å². The third kappa shape index (κ3) is 2.68. The summed E-state index contributed by atoms with van der Waals surface area (Å²) in [5, 5.41) is 3.52. The van der Waals surface area contributed by atoms with Crippen molar-refractivity contribution in [2.45, 2.75) is 13.8 Å². The summed E-state index contributed by atoms with van der Waals surface area (Å²) in [4.78, 5) is 0. The summed E-state index contributed by atoms with van der Waals surface area (Å²) in [5.74, 6) is 0. The summed E-state index contributed by atoms with van der Waals surface area (Å²) < 4.78 is 0. The molecular weight excluding hydrogens is 268 g/mol. The molecule has 0 aliphatic carbocycles. The molecule has 2 heteroatoms. The highest BCUT2D eigenvalue weighted by atomic mass is 14.9. The Morgan fingerprint density at radius 3 is 2.05 bits per heavy atom. The van der Waals surface area contributed by atoms with E-state index in [9.17, 15) is 0 Å². The molecule has 0 fully saturated rings. The van der Waals surface area contributed by atoms with Crippen molar-refractivity contribution in [1.29, 1.82) is 0 Å². The molecule has 3 aromatic rings. The van der Waals surface area contributed by atoms with Crippen LogP contribution in [0.15, 0.2) is 66.7 Å². The highest BCUT2D eigenvalue weighted by molar-refractivity contribution is 5.86. The molecule has 0 saturated carbocycles. The van der Waals surface area contributed by atoms with E-state index in [1.165, 1.54) is 5.56 Å². The fourth-order valence-corrected chi connectivity index (χ4v) is 2.86. The van der Waals surface area contributed by atoms with Gasteiger partial charge in [-0.1, -0.05) is 48.5 Å². The maximum Gasteiger partial charge on any atom is 0.0451 e. The smallest absolute Gasteiger partial charge is 0.0451 e. The van der Waals surface area contributed by atoms with Gasteiger partial charge in [0.1, 0.15) is 0 Å². The van der Waals surface area contributed by atoms with Crippen molar-refractivity contribution in [1.82, 2.24) is 0 Å². The molecule has 110 valence electrons. The van der Waals surface area contributed by atoms with E-state index >= 15 is 0 Å². The van der Waals surface area contributed by atoms with Gasteiger partial charge in [-0.2, -0.15) is 0 Å². The molecule has 0 bridgehead atoms. The average Bonchev–Trinajstić information content (AvgIpc) is 2.53. The van der Waals surface area contributed by atoms with Gasteiger partial charge < -0.3 is 11.1 Å². The second-order valence-corrected chi connectivity index (χ2v) is 5.51. The lowest BCUT2D eigenvalue weighted by Crippen LogP contribution is -2.01. The molecule has 0 aliphatic heterocycles. The minimum Gasteiger partial charge on any atom is -0.398 e. The van der Waals surface area contributed by atoms with Gasteiger partial charge in [0.2, 0.25) is 0 Å². The molecular formula is C20H20N2. The van der Waals surface area contributed by atoms with Crippen LogP contribution in [-0.4, -0.2) is 0 Å². The summed E-state index contributed by atoms with van der Waals surface area (Å²) >= 11 is 0. The lowest BCUT2D eigenvalue weighted by molar-refractivity contribution is 1.36. The molecule has 2 nitrogen and oxygen atoms in total. The number of nitrogens with one attached hydrogen (secondary N) is 1. The monoisotopic (exact) mass is 288 g/mol. The van der Waals surface area contributed by atoms with E-state index in [0.717, 1.165) is 33.8 Å². The number of para-hydroxylation sites is 1. The Kier molecular flexibility index (Phi) is 3.84. The molecule has 0 radical (unpaired) electrons. The molecule has 0 amide bonds. The summed E-state index contributed by atoms with van der Waals surface area (Å²) in [6.07, 6.45) is 0. The Hall–Kier alpha value is -2.74. The lowest BCUT2D eigenvalue weighted by Gasteiger charge is -2.19. The largest absolute Gasteiger partial charge is 0.398 e. The van der Waals surface area contributed by atoms with Gasteiger partial charge in [0, 0.05) is 22.6 Å². The van der Waals surface area contributed by atoms with Crippen molar-refractivity contribution >= 4 is 17.1 Å². The Labute approximate surface area is 131 Å². The molecule has 0 unspecified atom stereocenters. The fraction of sp³-hybridized carbons (Fsp3) is 0.100. The third-order valence-corrected chi connectivity index (χ3v) is 3.91. The van der Waals surface area contributed by atoms with Gasteiger partial charge in [0.15, 0.2) is 0 Å². The molecule has 0 heterocycles. The van der Waals surface area contributed by atoms with Crippen molar-refractivity contribution in [2.75, 3.05) is 11.1 Å². The van der Waals surface area contributed by atoms with Gasteiger partial charge in [0.25, 0.3) is 0 Å². The second kappa shape index (κ2) is 5.94. The predicted molar refractivity (Wildman–Crippen MR) is 95.5 cm³/mol. The maximum absolute atomic E-state index is 6.29. The van der Waals surface area contributed by atoms with E-state index in [1.807, 2.05) is 42.5 Å². The number of anilines is 3. The van der Waals surface area contributed by atoms with Gasteiger partial charge >= 0.3 is 0 Å². The number of rotatable bonds is 3. The summed E-state index contributed by atoms with van der Waals surface area (Å²) in [6.45, 7) is 4.21. The van der Waals surface area contributed by atoms with Crippen LogP contribution in [0.1, 0.15) is 11.1 Å². The fourth-order valence-electron chi connectivity index (χ4n) is 2.86. The number of hydrogen-bond acceptors (Lipinski definition) is 2. The zero-order valence-electron chi connectivity index (χ0n) is 12.9. The van der Waals surface area contributed by atoms with Crippen molar-refractivity contribution in [2.24, 2.45) is 0 Å². The number of nitrogens with two attached hydrogens (primary N) is 1. The Balaban J connectivity index is 2.12. The number of benzene rings is 3. The van der Waals surface area contributed by atoms with Crippen LogP contribution in [0, 0.1) is 13.8 Å². The van der Waals surface area contributed by atoms with Crippen molar-refractivity contribution in [3.8, 4) is 11.1 Å². The van der Waals surface area contributed by atoms with Gasteiger partial charge in [-0.15, -0.1) is 0 Å². The first-order valence-corrected chi connectivity index (χ1v) is 7.44. The molecule has 3 rings (SSSR count). The summed E-state index contributed by atoms with van der Waals surface area (Å²) in [5.41, 5.74) is 13.9.